The monoisotopic (exact) mass is 348 g/mol. The number of carboxylic acid groups (broad SMARTS) is 1. The number of aromatic carboxylic acids is 1. The first kappa shape index (κ1) is 16.7. The summed E-state index contributed by atoms with van der Waals surface area (Å²) >= 11 is 1.64. The Hall–Kier alpha value is -2.12. The molecule has 1 atom stereocenters. The molecule has 0 spiro atoms. The summed E-state index contributed by atoms with van der Waals surface area (Å²) in [6.45, 7) is 1.43. The third-order valence-electron chi connectivity index (χ3n) is 4.33. The van der Waals surface area contributed by atoms with E-state index in [-0.39, 0.29) is 11.6 Å². The van der Waals surface area contributed by atoms with Crippen molar-refractivity contribution in [1.29, 1.82) is 0 Å². The minimum absolute atomic E-state index is 0.219. The maximum atomic E-state index is 11.7. The van der Waals surface area contributed by atoms with E-state index in [1.807, 2.05) is 11.6 Å². The molecule has 1 aromatic carbocycles. The lowest BCUT2D eigenvalue weighted by atomic mass is 10.0. The van der Waals surface area contributed by atoms with Crippen LogP contribution in [0.15, 0.2) is 23.7 Å². The Morgan fingerprint density at radius 3 is 2.88 bits per heavy atom. The van der Waals surface area contributed by atoms with Gasteiger partial charge >= 0.3 is 5.97 Å². The molecule has 128 valence electrons. The fourth-order valence-corrected chi connectivity index (χ4v) is 3.98. The summed E-state index contributed by atoms with van der Waals surface area (Å²) in [5.41, 5.74) is 0.894. The van der Waals surface area contributed by atoms with Gasteiger partial charge in [-0.15, -0.1) is 11.3 Å². The van der Waals surface area contributed by atoms with Crippen LogP contribution in [0.4, 0.5) is 0 Å². The van der Waals surface area contributed by atoms with E-state index in [1.54, 1.807) is 30.6 Å². The zero-order chi connectivity index (χ0) is 17.1. The Balaban J connectivity index is 1.95. The van der Waals surface area contributed by atoms with Gasteiger partial charge in [-0.3, -0.25) is 4.90 Å². The van der Waals surface area contributed by atoms with Crippen molar-refractivity contribution in [3.63, 3.8) is 0 Å². The fraction of sp³-hybridized carbons (Fsp3) is 0.412. The van der Waals surface area contributed by atoms with Gasteiger partial charge in [0, 0.05) is 29.8 Å². The van der Waals surface area contributed by atoms with Gasteiger partial charge in [0.2, 0.25) is 0 Å². The average molecular weight is 348 g/mol. The highest BCUT2D eigenvalue weighted by Crippen LogP contribution is 2.37. The number of thiazole rings is 1. The number of carbonyl (C=O) groups is 1. The second-order valence-electron chi connectivity index (χ2n) is 5.66. The summed E-state index contributed by atoms with van der Waals surface area (Å²) in [4.78, 5) is 18.4. The van der Waals surface area contributed by atoms with E-state index in [0.29, 0.717) is 23.6 Å². The summed E-state index contributed by atoms with van der Waals surface area (Å²) in [5, 5.41) is 12.6. The van der Waals surface area contributed by atoms with Crippen molar-refractivity contribution in [3.05, 3.63) is 39.8 Å². The Kier molecular flexibility index (Phi) is 5.01. The summed E-state index contributed by atoms with van der Waals surface area (Å²) < 4.78 is 10.6. The molecule has 0 amide bonds. The van der Waals surface area contributed by atoms with Crippen molar-refractivity contribution in [3.8, 4) is 11.5 Å². The maximum Gasteiger partial charge on any atom is 0.336 e. The van der Waals surface area contributed by atoms with Gasteiger partial charge in [-0.05, 0) is 25.5 Å². The molecule has 0 radical (unpaired) electrons. The van der Waals surface area contributed by atoms with Crippen LogP contribution in [-0.2, 0) is 6.54 Å². The third kappa shape index (κ3) is 3.22. The number of hydrogen-bond acceptors (Lipinski definition) is 6. The second-order valence-corrected chi connectivity index (χ2v) is 6.59. The number of hydrogen-bond donors (Lipinski definition) is 1. The van der Waals surface area contributed by atoms with Crippen molar-refractivity contribution < 1.29 is 19.4 Å². The molecule has 1 aromatic heterocycles. The third-order valence-corrected chi connectivity index (χ3v) is 5.21. The molecule has 0 aliphatic carbocycles. The molecule has 7 heteroatoms. The molecular weight excluding hydrogens is 328 g/mol. The number of likely N-dealkylation sites (tertiary alicyclic amines) is 1. The second kappa shape index (κ2) is 7.19. The quantitative estimate of drug-likeness (QED) is 0.864. The normalized spacial score (nSPS) is 17.8. The zero-order valence-electron chi connectivity index (χ0n) is 13.7. The zero-order valence-corrected chi connectivity index (χ0v) is 14.5. The number of nitrogens with zero attached hydrogens (tertiary/aromatic N) is 2. The first-order chi connectivity index (χ1) is 11.6. The van der Waals surface area contributed by atoms with Crippen LogP contribution in [0.25, 0.3) is 0 Å². The number of methoxy groups -OCH3 is 2. The summed E-state index contributed by atoms with van der Waals surface area (Å²) in [5.74, 6) is 0.0367. The minimum Gasteiger partial charge on any atom is -0.497 e. The number of ether oxygens (including phenoxy) is 2. The number of benzene rings is 1. The first-order valence-electron chi connectivity index (χ1n) is 7.75. The molecule has 6 nitrogen and oxygen atoms in total. The van der Waals surface area contributed by atoms with Crippen LogP contribution in [0.2, 0.25) is 0 Å². The highest BCUT2D eigenvalue weighted by atomic mass is 32.1. The molecule has 2 heterocycles. The lowest BCUT2D eigenvalue weighted by molar-refractivity contribution is 0.0693. The molecule has 1 unspecified atom stereocenters. The van der Waals surface area contributed by atoms with Crippen molar-refractivity contribution in [1.82, 2.24) is 9.88 Å². The van der Waals surface area contributed by atoms with Gasteiger partial charge in [0.05, 0.1) is 25.8 Å². The molecule has 1 saturated heterocycles. The van der Waals surface area contributed by atoms with Crippen LogP contribution < -0.4 is 9.47 Å². The Morgan fingerprint density at radius 2 is 2.25 bits per heavy atom. The summed E-state index contributed by atoms with van der Waals surface area (Å²) in [6.07, 6.45) is 3.92. The van der Waals surface area contributed by atoms with Crippen LogP contribution >= 0.6 is 11.3 Å². The molecule has 3 rings (SSSR count). The first-order valence-corrected chi connectivity index (χ1v) is 8.63. The minimum atomic E-state index is -0.979. The van der Waals surface area contributed by atoms with E-state index in [2.05, 4.69) is 9.88 Å². The summed E-state index contributed by atoms with van der Waals surface area (Å²) in [6, 6.07) is 3.52. The SMILES string of the molecule is COc1cc(OC)c(CN2CCCC2c2nccs2)c(C(=O)O)c1. The highest BCUT2D eigenvalue weighted by Gasteiger charge is 2.30. The Morgan fingerprint density at radius 1 is 1.42 bits per heavy atom. The maximum absolute atomic E-state index is 11.7. The van der Waals surface area contributed by atoms with Crippen LogP contribution in [-0.4, -0.2) is 41.7 Å². The number of carboxylic acids is 1. The van der Waals surface area contributed by atoms with E-state index < -0.39 is 5.97 Å². The molecule has 2 aromatic rings. The van der Waals surface area contributed by atoms with E-state index in [4.69, 9.17) is 9.47 Å². The molecule has 1 aliphatic heterocycles. The molecule has 1 aliphatic rings. The van der Waals surface area contributed by atoms with Crippen LogP contribution in [0.1, 0.15) is 39.8 Å². The van der Waals surface area contributed by atoms with Gasteiger partial charge in [0.1, 0.15) is 16.5 Å². The molecule has 0 saturated carbocycles. The Labute approximate surface area is 144 Å². The number of aromatic nitrogens is 1. The largest absolute Gasteiger partial charge is 0.497 e. The van der Waals surface area contributed by atoms with Gasteiger partial charge in [0.15, 0.2) is 0 Å². The number of rotatable bonds is 6. The molecular formula is C17H20N2O4S. The highest BCUT2D eigenvalue weighted by molar-refractivity contribution is 7.09. The van der Waals surface area contributed by atoms with Crippen molar-refractivity contribution >= 4 is 17.3 Å². The van der Waals surface area contributed by atoms with Gasteiger partial charge in [0.25, 0.3) is 0 Å². The van der Waals surface area contributed by atoms with E-state index in [0.717, 1.165) is 24.4 Å². The van der Waals surface area contributed by atoms with Gasteiger partial charge in [-0.25, -0.2) is 9.78 Å². The van der Waals surface area contributed by atoms with Crippen LogP contribution in [0.3, 0.4) is 0 Å². The smallest absolute Gasteiger partial charge is 0.336 e. The molecule has 1 fully saturated rings. The van der Waals surface area contributed by atoms with Gasteiger partial charge in [-0.2, -0.15) is 0 Å². The summed E-state index contributed by atoms with van der Waals surface area (Å²) in [7, 11) is 3.06. The van der Waals surface area contributed by atoms with E-state index in [9.17, 15) is 9.90 Å². The topological polar surface area (TPSA) is 71.9 Å². The predicted molar refractivity (Wildman–Crippen MR) is 91.0 cm³/mol. The lowest BCUT2D eigenvalue weighted by Crippen LogP contribution is -2.24. The van der Waals surface area contributed by atoms with Crippen molar-refractivity contribution in [2.45, 2.75) is 25.4 Å². The Bertz CT molecular complexity index is 718. The molecule has 24 heavy (non-hydrogen) atoms. The van der Waals surface area contributed by atoms with E-state index in [1.165, 1.54) is 7.11 Å². The van der Waals surface area contributed by atoms with Gasteiger partial charge < -0.3 is 14.6 Å². The van der Waals surface area contributed by atoms with Crippen molar-refractivity contribution in [2.24, 2.45) is 0 Å². The van der Waals surface area contributed by atoms with Crippen LogP contribution in [0, 0.1) is 0 Å². The molecule has 1 N–H and O–H groups in total. The van der Waals surface area contributed by atoms with E-state index >= 15 is 0 Å². The lowest BCUT2D eigenvalue weighted by Gasteiger charge is -2.25. The van der Waals surface area contributed by atoms with Gasteiger partial charge in [-0.1, -0.05) is 0 Å². The fourth-order valence-electron chi connectivity index (χ4n) is 3.17. The van der Waals surface area contributed by atoms with Crippen LogP contribution in [0.5, 0.6) is 11.5 Å². The van der Waals surface area contributed by atoms with Crippen molar-refractivity contribution in [2.75, 3.05) is 20.8 Å². The molecule has 0 bridgehead atoms. The predicted octanol–water partition coefficient (Wildman–Crippen LogP) is 3.20. The average Bonchev–Trinajstić information content (AvgIpc) is 3.25. The standard InChI is InChI=1S/C17H20N2O4S/c1-22-11-8-12(17(20)21)13(15(9-11)23-2)10-19-6-3-4-14(19)16-18-5-7-24-16/h5,7-9,14H,3-4,6,10H2,1-2H3,(H,20,21).